The number of nitro benzene ring substituents is 1. The van der Waals surface area contributed by atoms with Crippen LogP contribution in [-0.4, -0.2) is 24.4 Å². The van der Waals surface area contributed by atoms with Crippen LogP contribution in [0.15, 0.2) is 18.2 Å². The van der Waals surface area contributed by atoms with Crippen molar-refractivity contribution in [1.82, 2.24) is 5.32 Å². The summed E-state index contributed by atoms with van der Waals surface area (Å²) in [5.74, 6) is 0.697. The van der Waals surface area contributed by atoms with Gasteiger partial charge in [-0.05, 0) is 30.4 Å². The molecule has 1 fully saturated rings. The van der Waals surface area contributed by atoms with Crippen LogP contribution in [-0.2, 0) is 0 Å². The minimum Gasteiger partial charge on any atom is -0.383 e. The number of benzene rings is 1. The summed E-state index contributed by atoms with van der Waals surface area (Å²) < 4.78 is 0. The molecule has 21 heavy (non-hydrogen) atoms. The minimum absolute atomic E-state index is 0.109. The summed E-state index contributed by atoms with van der Waals surface area (Å²) in [6.45, 7) is 2.77. The molecule has 2 unspecified atom stereocenters. The molecule has 0 aromatic heterocycles. The molecule has 1 amide bonds. The molecule has 2 atom stereocenters. The van der Waals surface area contributed by atoms with Gasteiger partial charge in [-0.15, -0.1) is 0 Å². The summed E-state index contributed by atoms with van der Waals surface area (Å²) in [6.07, 6.45) is 3.49. The van der Waals surface area contributed by atoms with E-state index in [1.165, 1.54) is 18.9 Å². The summed E-state index contributed by atoms with van der Waals surface area (Å²) in [7, 11) is 1.60. The second kappa shape index (κ2) is 6.56. The summed E-state index contributed by atoms with van der Waals surface area (Å²) in [5, 5.41) is 16.8. The van der Waals surface area contributed by atoms with Crippen LogP contribution in [0.4, 0.5) is 11.4 Å². The molecular weight excluding hydrogens is 270 g/mol. The Bertz CT molecular complexity index is 545. The number of hydrogen-bond donors (Lipinski definition) is 2. The second-order valence-electron chi connectivity index (χ2n) is 5.59. The summed E-state index contributed by atoms with van der Waals surface area (Å²) in [5.41, 5.74) is 0.288. The molecule has 1 saturated carbocycles. The quantitative estimate of drug-likeness (QED) is 0.645. The Balaban J connectivity index is 2.13. The SMILES string of the molecule is CNc1cccc(C(=O)NCC2CCCC2C)c1[N+](=O)[O-]. The number of rotatable bonds is 5. The lowest BCUT2D eigenvalue weighted by molar-refractivity contribution is -0.384. The molecule has 2 N–H and O–H groups in total. The Hall–Kier alpha value is -2.11. The number of anilines is 1. The molecule has 1 aromatic carbocycles. The van der Waals surface area contributed by atoms with E-state index < -0.39 is 4.92 Å². The van der Waals surface area contributed by atoms with Gasteiger partial charge < -0.3 is 10.6 Å². The van der Waals surface area contributed by atoms with Crippen LogP contribution in [0.2, 0.25) is 0 Å². The number of nitrogens with zero attached hydrogens (tertiary/aromatic N) is 1. The average Bonchev–Trinajstić information content (AvgIpc) is 2.89. The number of hydrogen-bond acceptors (Lipinski definition) is 4. The molecule has 0 aliphatic heterocycles. The Morgan fingerprint density at radius 1 is 1.43 bits per heavy atom. The van der Waals surface area contributed by atoms with Gasteiger partial charge in [-0.2, -0.15) is 0 Å². The molecule has 0 spiro atoms. The minimum atomic E-state index is -0.515. The number of para-hydroxylation sites is 1. The lowest BCUT2D eigenvalue weighted by Crippen LogP contribution is -2.30. The third-order valence-electron chi connectivity index (χ3n) is 4.30. The highest BCUT2D eigenvalue weighted by Gasteiger charge is 2.27. The fraction of sp³-hybridized carbons (Fsp3) is 0.533. The van der Waals surface area contributed by atoms with Gasteiger partial charge in [0.05, 0.1) is 4.92 Å². The van der Waals surface area contributed by atoms with E-state index in [1.807, 2.05) is 0 Å². The van der Waals surface area contributed by atoms with Gasteiger partial charge in [-0.3, -0.25) is 14.9 Å². The smallest absolute Gasteiger partial charge is 0.305 e. The lowest BCUT2D eigenvalue weighted by Gasteiger charge is -2.16. The monoisotopic (exact) mass is 291 g/mol. The zero-order valence-electron chi connectivity index (χ0n) is 12.4. The van der Waals surface area contributed by atoms with Crippen molar-refractivity contribution in [2.75, 3.05) is 18.9 Å². The Morgan fingerprint density at radius 3 is 2.76 bits per heavy atom. The largest absolute Gasteiger partial charge is 0.383 e. The maximum Gasteiger partial charge on any atom is 0.305 e. The van der Waals surface area contributed by atoms with E-state index in [0.717, 1.165) is 6.42 Å². The molecule has 0 bridgehead atoms. The molecule has 1 aliphatic carbocycles. The van der Waals surface area contributed by atoms with E-state index in [2.05, 4.69) is 17.6 Å². The van der Waals surface area contributed by atoms with Crippen LogP contribution >= 0.6 is 0 Å². The van der Waals surface area contributed by atoms with Crippen LogP contribution < -0.4 is 10.6 Å². The topological polar surface area (TPSA) is 84.3 Å². The van der Waals surface area contributed by atoms with Gasteiger partial charge >= 0.3 is 5.69 Å². The van der Waals surface area contributed by atoms with E-state index in [1.54, 1.807) is 19.2 Å². The standard InChI is InChI=1S/C15H21N3O3/c1-10-5-3-6-11(10)9-17-15(19)12-7-4-8-13(16-2)14(12)18(20)21/h4,7-8,10-11,16H,3,5-6,9H2,1-2H3,(H,17,19). The van der Waals surface area contributed by atoms with Gasteiger partial charge in [0.1, 0.15) is 11.3 Å². The first-order valence-electron chi connectivity index (χ1n) is 7.28. The maximum absolute atomic E-state index is 12.3. The van der Waals surface area contributed by atoms with E-state index >= 15 is 0 Å². The Kier molecular flexibility index (Phi) is 4.77. The highest BCUT2D eigenvalue weighted by molar-refractivity contribution is 6.00. The molecular formula is C15H21N3O3. The Morgan fingerprint density at radius 2 is 2.19 bits per heavy atom. The zero-order chi connectivity index (χ0) is 15.4. The van der Waals surface area contributed by atoms with E-state index in [9.17, 15) is 14.9 Å². The van der Waals surface area contributed by atoms with Crippen LogP contribution in [0.5, 0.6) is 0 Å². The van der Waals surface area contributed by atoms with Crippen LogP contribution in [0.25, 0.3) is 0 Å². The van der Waals surface area contributed by atoms with Crippen LogP contribution in [0, 0.1) is 22.0 Å². The maximum atomic E-state index is 12.3. The number of carbonyl (C=O) groups excluding carboxylic acids is 1. The first-order valence-corrected chi connectivity index (χ1v) is 7.28. The zero-order valence-corrected chi connectivity index (χ0v) is 12.4. The third-order valence-corrected chi connectivity index (χ3v) is 4.30. The van der Waals surface area contributed by atoms with Crippen molar-refractivity contribution in [3.8, 4) is 0 Å². The normalized spacial score (nSPS) is 21.0. The van der Waals surface area contributed by atoms with Crippen LogP contribution in [0.3, 0.4) is 0 Å². The second-order valence-corrected chi connectivity index (χ2v) is 5.59. The molecule has 0 radical (unpaired) electrons. The number of carbonyl (C=O) groups is 1. The predicted octanol–water partition coefficient (Wildman–Crippen LogP) is 2.80. The van der Waals surface area contributed by atoms with Crippen molar-refractivity contribution in [3.63, 3.8) is 0 Å². The lowest BCUT2D eigenvalue weighted by atomic mass is 9.98. The molecule has 0 saturated heterocycles. The third kappa shape index (κ3) is 3.32. The van der Waals surface area contributed by atoms with Gasteiger partial charge in [-0.25, -0.2) is 0 Å². The van der Waals surface area contributed by atoms with E-state index in [4.69, 9.17) is 0 Å². The fourth-order valence-electron chi connectivity index (χ4n) is 2.97. The predicted molar refractivity (Wildman–Crippen MR) is 81.5 cm³/mol. The number of nitrogens with one attached hydrogen (secondary N) is 2. The highest BCUT2D eigenvalue weighted by Crippen LogP contribution is 2.31. The van der Waals surface area contributed by atoms with E-state index in [-0.39, 0.29) is 17.2 Å². The molecule has 6 heteroatoms. The van der Waals surface area contributed by atoms with Gasteiger partial charge in [-0.1, -0.05) is 25.8 Å². The first-order chi connectivity index (χ1) is 10.0. The van der Waals surface area contributed by atoms with Crippen molar-refractivity contribution >= 4 is 17.3 Å². The van der Waals surface area contributed by atoms with Gasteiger partial charge in [0.15, 0.2) is 0 Å². The van der Waals surface area contributed by atoms with Crippen molar-refractivity contribution in [2.45, 2.75) is 26.2 Å². The van der Waals surface area contributed by atoms with Gasteiger partial charge in [0.25, 0.3) is 5.91 Å². The van der Waals surface area contributed by atoms with Crippen molar-refractivity contribution < 1.29 is 9.72 Å². The Labute approximate surface area is 124 Å². The first kappa shape index (κ1) is 15.3. The molecule has 1 aromatic rings. The van der Waals surface area contributed by atoms with Crippen molar-refractivity contribution in [2.24, 2.45) is 11.8 Å². The molecule has 2 rings (SSSR count). The fourth-order valence-corrected chi connectivity index (χ4v) is 2.97. The molecule has 1 aliphatic rings. The highest BCUT2D eigenvalue weighted by atomic mass is 16.6. The van der Waals surface area contributed by atoms with Gasteiger partial charge in [0.2, 0.25) is 0 Å². The summed E-state index contributed by atoms with van der Waals surface area (Å²) in [4.78, 5) is 22.9. The van der Waals surface area contributed by atoms with Crippen molar-refractivity contribution in [1.29, 1.82) is 0 Å². The van der Waals surface area contributed by atoms with Gasteiger partial charge in [0, 0.05) is 13.6 Å². The average molecular weight is 291 g/mol. The number of amides is 1. The molecule has 114 valence electrons. The summed E-state index contributed by atoms with van der Waals surface area (Å²) >= 11 is 0. The van der Waals surface area contributed by atoms with E-state index in [0.29, 0.717) is 24.1 Å². The summed E-state index contributed by atoms with van der Waals surface area (Å²) in [6, 6.07) is 4.73. The van der Waals surface area contributed by atoms with Crippen LogP contribution in [0.1, 0.15) is 36.5 Å². The molecule has 0 heterocycles. The van der Waals surface area contributed by atoms with Crippen molar-refractivity contribution in [3.05, 3.63) is 33.9 Å². The molecule has 6 nitrogen and oxygen atoms in total. The number of nitro groups is 1.